The molecule has 1 heterocycles. The summed E-state index contributed by atoms with van der Waals surface area (Å²) in [5.41, 5.74) is -0.465. The van der Waals surface area contributed by atoms with Crippen LogP contribution in [0.4, 0.5) is 4.79 Å². The minimum Gasteiger partial charge on any atom is -0.444 e. The third-order valence-corrected chi connectivity index (χ3v) is 2.44. The Hall–Kier alpha value is -0.810. The quantitative estimate of drug-likeness (QED) is 0.650. The maximum atomic E-state index is 11.5. The fourth-order valence-electron chi connectivity index (χ4n) is 1.75. The van der Waals surface area contributed by atoms with Gasteiger partial charge < -0.3 is 20.5 Å². The van der Waals surface area contributed by atoms with Crippen LogP contribution >= 0.6 is 0 Å². The van der Waals surface area contributed by atoms with Crippen LogP contribution in [0.15, 0.2) is 0 Å². The van der Waals surface area contributed by atoms with Gasteiger partial charge in [-0.15, -0.1) is 0 Å². The van der Waals surface area contributed by atoms with Gasteiger partial charge in [-0.1, -0.05) is 0 Å². The molecule has 2 atom stereocenters. The molecule has 2 unspecified atom stereocenters. The van der Waals surface area contributed by atoms with Gasteiger partial charge in [-0.25, -0.2) is 4.79 Å². The molecule has 1 amide bonds. The van der Waals surface area contributed by atoms with Crippen molar-refractivity contribution in [3.8, 4) is 0 Å². The Kier molecular flexibility index (Phi) is 4.56. The maximum absolute atomic E-state index is 11.5. The smallest absolute Gasteiger partial charge is 0.407 e. The second-order valence-corrected chi connectivity index (χ2v) is 5.20. The van der Waals surface area contributed by atoms with Gasteiger partial charge in [0.2, 0.25) is 0 Å². The number of ether oxygens (including phenoxy) is 1. The molecule has 0 saturated carbocycles. The summed E-state index contributed by atoms with van der Waals surface area (Å²) in [6.45, 7) is 6.43. The Morgan fingerprint density at radius 2 is 2.25 bits per heavy atom. The highest BCUT2D eigenvalue weighted by Gasteiger charge is 2.24. The van der Waals surface area contributed by atoms with Crippen LogP contribution in [0, 0.1) is 0 Å². The number of aliphatic hydroxyl groups excluding tert-OH is 1. The molecule has 0 aromatic heterocycles. The molecule has 1 rings (SSSR count). The maximum Gasteiger partial charge on any atom is 0.407 e. The Labute approximate surface area is 96.6 Å². The molecule has 1 aliphatic heterocycles. The molecule has 94 valence electrons. The predicted molar refractivity (Wildman–Crippen MR) is 61.3 cm³/mol. The lowest BCUT2D eigenvalue weighted by Gasteiger charge is -2.30. The Bertz CT molecular complexity index is 238. The minimum atomic E-state index is -0.465. The van der Waals surface area contributed by atoms with Crippen molar-refractivity contribution in [1.29, 1.82) is 0 Å². The highest BCUT2D eigenvalue weighted by molar-refractivity contribution is 5.68. The molecule has 16 heavy (non-hydrogen) atoms. The lowest BCUT2D eigenvalue weighted by molar-refractivity contribution is 0.0484. The number of nitrogens with one attached hydrogen (secondary N) is 2. The van der Waals surface area contributed by atoms with Crippen molar-refractivity contribution < 1.29 is 14.6 Å². The number of carbonyl (C=O) groups is 1. The summed E-state index contributed by atoms with van der Waals surface area (Å²) < 4.78 is 5.18. The van der Waals surface area contributed by atoms with E-state index in [1.165, 1.54) is 0 Å². The fourth-order valence-corrected chi connectivity index (χ4v) is 1.75. The largest absolute Gasteiger partial charge is 0.444 e. The molecule has 0 spiro atoms. The zero-order valence-electron chi connectivity index (χ0n) is 10.2. The molecule has 5 nitrogen and oxygen atoms in total. The molecule has 0 aromatic rings. The molecular formula is C11H22N2O3. The summed E-state index contributed by atoms with van der Waals surface area (Å²) >= 11 is 0. The van der Waals surface area contributed by atoms with Gasteiger partial charge in [-0.2, -0.15) is 0 Å². The second-order valence-electron chi connectivity index (χ2n) is 5.20. The van der Waals surface area contributed by atoms with E-state index in [-0.39, 0.29) is 24.8 Å². The van der Waals surface area contributed by atoms with E-state index < -0.39 is 5.60 Å². The predicted octanol–water partition coefficient (Wildman–Crippen LogP) is 0.624. The number of piperidine rings is 1. The first-order chi connectivity index (χ1) is 7.40. The van der Waals surface area contributed by atoms with Crippen LogP contribution in [0.2, 0.25) is 0 Å². The number of rotatable bonds is 2. The lowest BCUT2D eigenvalue weighted by atomic mass is 10.0. The van der Waals surface area contributed by atoms with Crippen molar-refractivity contribution in [2.24, 2.45) is 0 Å². The number of hydrogen-bond donors (Lipinski definition) is 3. The summed E-state index contributed by atoms with van der Waals surface area (Å²) in [5.74, 6) is 0. The summed E-state index contributed by atoms with van der Waals surface area (Å²) in [7, 11) is 0. The van der Waals surface area contributed by atoms with Gasteiger partial charge in [0.15, 0.2) is 0 Å². The number of aliphatic hydroxyl groups is 1. The summed E-state index contributed by atoms with van der Waals surface area (Å²) in [6, 6.07) is 0.168. The molecule has 0 aliphatic carbocycles. The van der Waals surface area contributed by atoms with E-state index in [2.05, 4.69) is 10.6 Å². The third kappa shape index (κ3) is 4.81. The first-order valence-electron chi connectivity index (χ1n) is 5.74. The average Bonchev–Trinajstić information content (AvgIpc) is 2.15. The topological polar surface area (TPSA) is 70.6 Å². The van der Waals surface area contributed by atoms with E-state index in [0.29, 0.717) is 0 Å². The summed E-state index contributed by atoms with van der Waals surface area (Å²) in [5, 5.41) is 15.0. The highest BCUT2D eigenvalue weighted by Crippen LogP contribution is 2.11. The molecule has 1 saturated heterocycles. The monoisotopic (exact) mass is 230 g/mol. The standard InChI is InChI=1S/C11H22N2O3/c1-11(2,3)16-10(15)13-8-4-5-12-9(6-8)7-14/h8-9,12,14H,4-7H2,1-3H3,(H,13,15). The van der Waals surface area contributed by atoms with Crippen LogP contribution in [0.3, 0.4) is 0 Å². The van der Waals surface area contributed by atoms with Crippen molar-refractivity contribution in [2.45, 2.75) is 51.3 Å². The van der Waals surface area contributed by atoms with Crippen molar-refractivity contribution in [2.75, 3.05) is 13.2 Å². The molecule has 0 bridgehead atoms. The number of hydrogen-bond acceptors (Lipinski definition) is 4. The minimum absolute atomic E-state index is 0.0775. The van der Waals surface area contributed by atoms with Gasteiger partial charge in [0, 0.05) is 12.1 Å². The Balaban J connectivity index is 2.33. The van der Waals surface area contributed by atoms with Gasteiger partial charge in [0.1, 0.15) is 5.60 Å². The number of alkyl carbamates (subject to hydrolysis) is 1. The highest BCUT2D eigenvalue weighted by atomic mass is 16.6. The zero-order chi connectivity index (χ0) is 12.2. The van der Waals surface area contributed by atoms with E-state index in [1.54, 1.807) is 0 Å². The fraction of sp³-hybridized carbons (Fsp3) is 0.909. The van der Waals surface area contributed by atoms with E-state index in [0.717, 1.165) is 19.4 Å². The van der Waals surface area contributed by atoms with Crippen LogP contribution in [0.25, 0.3) is 0 Å². The molecule has 1 fully saturated rings. The van der Waals surface area contributed by atoms with Gasteiger partial charge >= 0.3 is 6.09 Å². The molecule has 0 radical (unpaired) electrons. The van der Waals surface area contributed by atoms with Crippen LogP contribution in [0.5, 0.6) is 0 Å². The van der Waals surface area contributed by atoms with E-state index >= 15 is 0 Å². The van der Waals surface area contributed by atoms with E-state index in [4.69, 9.17) is 9.84 Å². The zero-order valence-corrected chi connectivity index (χ0v) is 10.2. The Morgan fingerprint density at radius 1 is 1.56 bits per heavy atom. The first-order valence-corrected chi connectivity index (χ1v) is 5.74. The van der Waals surface area contributed by atoms with Gasteiger partial charge in [0.05, 0.1) is 6.61 Å². The normalized spacial score (nSPS) is 26.2. The van der Waals surface area contributed by atoms with Crippen molar-refractivity contribution in [3.63, 3.8) is 0 Å². The first kappa shape index (κ1) is 13.3. The van der Waals surface area contributed by atoms with Crippen LogP contribution in [0.1, 0.15) is 33.6 Å². The van der Waals surface area contributed by atoms with Crippen molar-refractivity contribution in [3.05, 3.63) is 0 Å². The molecular weight excluding hydrogens is 208 g/mol. The van der Waals surface area contributed by atoms with Crippen molar-refractivity contribution in [1.82, 2.24) is 10.6 Å². The Morgan fingerprint density at radius 3 is 2.81 bits per heavy atom. The van der Waals surface area contributed by atoms with Gasteiger partial charge in [-0.3, -0.25) is 0 Å². The average molecular weight is 230 g/mol. The molecule has 1 aliphatic rings. The summed E-state index contributed by atoms with van der Waals surface area (Å²) in [4.78, 5) is 11.5. The van der Waals surface area contributed by atoms with Gasteiger partial charge in [-0.05, 0) is 40.2 Å². The molecule has 5 heteroatoms. The lowest BCUT2D eigenvalue weighted by Crippen LogP contribution is -2.49. The van der Waals surface area contributed by atoms with Crippen molar-refractivity contribution >= 4 is 6.09 Å². The second kappa shape index (κ2) is 5.50. The van der Waals surface area contributed by atoms with Crippen LogP contribution < -0.4 is 10.6 Å². The molecule has 3 N–H and O–H groups in total. The van der Waals surface area contributed by atoms with Gasteiger partial charge in [0.25, 0.3) is 0 Å². The number of carbonyl (C=O) groups excluding carboxylic acids is 1. The molecule has 0 aromatic carbocycles. The van der Waals surface area contributed by atoms with Crippen LogP contribution in [-0.4, -0.2) is 42.0 Å². The van der Waals surface area contributed by atoms with E-state index in [9.17, 15) is 4.79 Å². The third-order valence-electron chi connectivity index (χ3n) is 2.44. The van der Waals surface area contributed by atoms with Crippen LogP contribution in [-0.2, 0) is 4.74 Å². The summed E-state index contributed by atoms with van der Waals surface area (Å²) in [6.07, 6.45) is 1.24. The number of amides is 1. The SMILES string of the molecule is CC(C)(C)OC(=O)NC1CCNC(CO)C1. The van der Waals surface area contributed by atoms with E-state index in [1.807, 2.05) is 20.8 Å².